The van der Waals surface area contributed by atoms with Crippen LogP contribution in [0.15, 0.2) is 51.8 Å². The zero-order chi connectivity index (χ0) is 19.6. The molecule has 1 fully saturated rings. The Hall–Kier alpha value is -1.34. The van der Waals surface area contributed by atoms with Crippen LogP contribution < -0.4 is 9.64 Å². The minimum absolute atomic E-state index is 0.136. The zero-order valence-corrected chi connectivity index (χ0v) is 18.7. The summed E-state index contributed by atoms with van der Waals surface area (Å²) in [7, 11) is 0. The van der Waals surface area contributed by atoms with E-state index in [-0.39, 0.29) is 5.91 Å². The largest absolute Gasteiger partial charge is 0.492 e. The standard InChI is InChI=1S/C20H17BrClNO2S2/c1-12(2)11-25-17-8-3-13(9-16(17)21)10-18-19(24)23(20(26)27-18)15-6-4-14(22)5-7-15/h3-10,12H,11H2,1-2H3/b18-10-. The van der Waals surface area contributed by atoms with Gasteiger partial charge in [0.15, 0.2) is 4.32 Å². The van der Waals surface area contributed by atoms with E-state index in [2.05, 4.69) is 29.8 Å². The molecule has 0 atom stereocenters. The number of nitrogens with zero attached hydrogens (tertiary/aromatic N) is 1. The lowest BCUT2D eigenvalue weighted by molar-refractivity contribution is -0.113. The van der Waals surface area contributed by atoms with Crippen molar-refractivity contribution in [3.63, 3.8) is 0 Å². The third-order valence-corrected chi connectivity index (χ3v) is 5.88. The van der Waals surface area contributed by atoms with E-state index in [4.69, 9.17) is 28.6 Å². The quantitative estimate of drug-likeness (QED) is 0.357. The third-order valence-electron chi connectivity index (χ3n) is 3.70. The Labute approximate surface area is 181 Å². The summed E-state index contributed by atoms with van der Waals surface area (Å²) in [5, 5.41) is 0.615. The molecule has 0 saturated carbocycles. The van der Waals surface area contributed by atoms with E-state index in [1.165, 1.54) is 16.7 Å². The normalized spacial score (nSPS) is 15.9. The Morgan fingerprint density at radius 1 is 1.26 bits per heavy atom. The molecule has 140 valence electrons. The second kappa shape index (κ2) is 8.78. The Bertz CT molecular complexity index is 913. The second-order valence-corrected chi connectivity index (χ2v) is 9.35. The maximum atomic E-state index is 12.8. The molecule has 0 radical (unpaired) electrons. The molecule has 2 aromatic rings. The van der Waals surface area contributed by atoms with Gasteiger partial charge in [-0.05, 0) is 69.9 Å². The van der Waals surface area contributed by atoms with Gasteiger partial charge in [0.2, 0.25) is 0 Å². The van der Waals surface area contributed by atoms with Gasteiger partial charge in [0.1, 0.15) is 5.75 Å². The maximum absolute atomic E-state index is 12.8. The van der Waals surface area contributed by atoms with Gasteiger partial charge in [-0.15, -0.1) is 0 Å². The summed E-state index contributed by atoms with van der Waals surface area (Å²) in [6.45, 7) is 4.85. The fourth-order valence-corrected chi connectivity index (χ4v) is 4.35. The number of carbonyl (C=O) groups is 1. The predicted molar refractivity (Wildman–Crippen MR) is 122 cm³/mol. The van der Waals surface area contributed by atoms with Crippen LogP contribution in [0.4, 0.5) is 5.69 Å². The Morgan fingerprint density at radius 3 is 2.59 bits per heavy atom. The van der Waals surface area contributed by atoms with Gasteiger partial charge in [-0.25, -0.2) is 0 Å². The SMILES string of the molecule is CC(C)COc1ccc(/C=C2\SC(=S)N(c3ccc(Cl)cc3)C2=O)cc1Br. The molecule has 1 aliphatic heterocycles. The molecule has 0 N–H and O–H groups in total. The van der Waals surface area contributed by atoms with Gasteiger partial charge in [0.25, 0.3) is 5.91 Å². The van der Waals surface area contributed by atoms with E-state index in [9.17, 15) is 4.79 Å². The van der Waals surface area contributed by atoms with E-state index in [1.807, 2.05) is 24.3 Å². The van der Waals surface area contributed by atoms with Gasteiger partial charge in [0, 0.05) is 5.02 Å². The first-order valence-corrected chi connectivity index (χ1v) is 10.7. The topological polar surface area (TPSA) is 29.5 Å². The number of ether oxygens (including phenoxy) is 1. The fraction of sp³-hybridized carbons (Fsp3) is 0.200. The highest BCUT2D eigenvalue weighted by atomic mass is 79.9. The summed E-state index contributed by atoms with van der Waals surface area (Å²) >= 11 is 16.1. The number of hydrogen-bond acceptors (Lipinski definition) is 4. The summed E-state index contributed by atoms with van der Waals surface area (Å²) in [5.74, 6) is 1.10. The maximum Gasteiger partial charge on any atom is 0.270 e. The zero-order valence-electron chi connectivity index (χ0n) is 14.7. The number of carbonyl (C=O) groups excluding carboxylic acids is 1. The van der Waals surface area contributed by atoms with Crippen molar-refractivity contribution in [3.8, 4) is 5.75 Å². The minimum Gasteiger partial charge on any atom is -0.492 e. The molecule has 1 saturated heterocycles. The van der Waals surface area contributed by atoms with Crippen molar-refractivity contribution in [1.82, 2.24) is 0 Å². The van der Waals surface area contributed by atoms with Crippen LogP contribution in [-0.4, -0.2) is 16.8 Å². The van der Waals surface area contributed by atoms with Crippen LogP contribution in [-0.2, 0) is 4.79 Å². The van der Waals surface area contributed by atoms with Crippen LogP contribution in [0.1, 0.15) is 19.4 Å². The lowest BCUT2D eigenvalue weighted by Crippen LogP contribution is -2.27. The van der Waals surface area contributed by atoms with Crippen molar-refractivity contribution in [2.24, 2.45) is 5.92 Å². The molecule has 27 heavy (non-hydrogen) atoms. The van der Waals surface area contributed by atoms with Crippen LogP contribution in [0.5, 0.6) is 5.75 Å². The molecule has 1 aliphatic rings. The Kier molecular flexibility index (Phi) is 6.63. The van der Waals surface area contributed by atoms with Gasteiger partial charge in [-0.1, -0.05) is 55.5 Å². The molecule has 1 heterocycles. The van der Waals surface area contributed by atoms with Crippen LogP contribution >= 0.6 is 51.5 Å². The molecule has 0 spiro atoms. The van der Waals surface area contributed by atoms with Gasteiger partial charge < -0.3 is 4.74 Å². The molecule has 1 amide bonds. The predicted octanol–water partition coefficient (Wildman–Crippen LogP) is 6.54. The smallest absolute Gasteiger partial charge is 0.270 e. The molecule has 7 heteroatoms. The number of amides is 1. The molecule has 2 aromatic carbocycles. The van der Waals surface area contributed by atoms with Crippen LogP contribution in [0.3, 0.4) is 0 Å². The number of thiocarbonyl (C=S) groups is 1. The van der Waals surface area contributed by atoms with Crippen molar-refractivity contribution in [1.29, 1.82) is 0 Å². The first kappa shape index (κ1) is 20.4. The number of rotatable bonds is 5. The number of hydrogen-bond donors (Lipinski definition) is 0. The molecule has 0 aromatic heterocycles. The summed E-state index contributed by atoms with van der Waals surface area (Å²) < 4.78 is 7.12. The summed E-state index contributed by atoms with van der Waals surface area (Å²) in [4.78, 5) is 14.9. The highest BCUT2D eigenvalue weighted by molar-refractivity contribution is 9.10. The first-order chi connectivity index (χ1) is 12.8. The second-order valence-electron chi connectivity index (χ2n) is 6.39. The van der Waals surface area contributed by atoms with Crippen molar-refractivity contribution in [2.45, 2.75) is 13.8 Å². The molecule has 0 unspecified atom stereocenters. The van der Waals surface area contributed by atoms with Crippen LogP contribution in [0.2, 0.25) is 5.02 Å². The van der Waals surface area contributed by atoms with Crippen LogP contribution in [0, 0.1) is 5.92 Å². The molecular formula is C20H17BrClNO2S2. The van der Waals surface area contributed by atoms with Gasteiger partial charge in [-0.2, -0.15) is 0 Å². The highest BCUT2D eigenvalue weighted by Gasteiger charge is 2.33. The Balaban J connectivity index is 1.81. The number of anilines is 1. The van der Waals surface area contributed by atoms with Gasteiger partial charge in [0.05, 0.1) is 21.7 Å². The number of benzene rings is 2. The first-order valence-electron chi connectivity index (χ1n) is 8.31. The molecule has 0 bridgehead atoms. The lowest BCUT2D eigenvalue weighted by atomic mass is 10.2. The van der Waals surface area contributed by atoms with Crippen LogP contribution in [0.25, 0.3) is 6.08 Å². The average molecular weight is 483 g/mol. The summed E-state index contributed by atoms with van der Waals surface area (Å²) in [5.41, 5.74) is 1.61. The van der Waals surface area contributed by atoms with E-state index in [1.54, 1.807) is 24.3 Å². The Morgan fingerprint density at radius 2 is 1.96 bits per heavy atom. The third kappa shape index (κ3) is 4.93. The van der Waals surface area contributed by atoms with Crippen molar-refractivity contribution in [3.05, 3.63) is 62.4 Å². The summed E-state index contributed by atoms with van der Waals surface area (Å²) in [6.07, 6.45) is 1.84. The van der Waals surface area contributed by atoms with Gasteiger partial charge >= 0.3 is 0 Å². The molecule has 0 aliphatic carbocycles. The van der Waals surface area contributed by atoms with Crippen molar-refractivity contribution >= 4 is 73.5 Å². The molecule has 3 rings (SSSR count). The van der Waals surface area contributed by atoms with E-state index >= 15 is 0 Å². The van der Waals surface area contributed by atoms with E-state index in [0.29, 0.717) is 32.5 Å². The van der Waals surface area contributed by atoms with Gasteiger partial charge in [-0.3, -0.25) is 9.69 Å². The average Bonchev–Trinajstić information content (AvgIpc) is 2.88. The minimum atomic E-state index is -0.136. The fourth-order valence-electron chi connectivity index (χ4n) is 2.41. The van der Waals surface area contributed by atoms with Crippen molar-refractivity contribution < 1.29 is 9.53 Å². The van der Waals surface area contributed by atoms with E-state index < -0.39 is 0 Å². The highest BCUT2D eigenvalue weighted by Crippen LogP contribution is 2.37. The van der Waals surface area contributed by atoms with Crippen molar-refractivity contribution in [2.75, 3.05) is 11.5 Å². The molecule has 3 nitrogen and oxygen atoms in total. The molecular weight excluding hydrogens is 466 g/mol. The monoisotopic (exact) mass is 481 g/mol. The number of halogens is 2. The lowest BCUT2D eigenvalue weighted by Gasteiger charge is -2.14. The summed E-state index contributed by atoms with van der Waals surface area (Å²) in [6, 6.07) is 12.8. The van der Waals surface area contributed by atoms with E-state index in [0.717, 1.165) is 15.8 Å². The number of thioether (sulfide) groups is 1.